The van der Waals surface area contributed by atoms with Gasteiger partial charge < -0.3 is 25.6 Å². The lowest BCUT2D eigenvalue weighted by atomic mass is 10.2. The maximum absolute atomic E-state index is 10.5. The number of carbonyl (C=O) groups excluding carboxylic acids is 1. The minimum atomic E-state index is -0.527. The van der Waals surface area contributed by atoms with Gasteiger partial charge in [-0.1, -0.05) is 0 Å². The van der Waals surface area contributed by atoms with Gasteiger partial charge in [0.05, 0.1) is 25.4 Å². The number of methoxy groups -OCH3 is 1. The number of nitrogens with two attached hydrogens (primary N) is 1. The average molecular weight is 262 g/mol. The Morgan fingerprint density at radius 3 is 2.72 bits per heavy atom. The van der Waals surface area contributed by atoms with Crippen molar-refractivity contribution in [3.8, 4) is 0 Å². The van der Waals surface area contributed by atoms with E-state index in [1.807, 2.05) is 6.92 Å². The summed E-state index contributed by atoms with van der Waals surface area (Å²) in [7, 11) is 1.62. The molecular formula is C12H26N2O4. The second-order valence-electron chi connectivity index (χ2n) is 4.38. The fraction of sp³-hybridized carbons (Fsp3) is 0.917. The van der Waals surface area contributed by atoms with Crippen molar-refractivity contribution in [3.63, 3.8) is 0 Å². The van der Waals surface area contributed by atoms with Gasteiger partial charge in [-0.3, -0.25) is 4.79 Å². The van der Waals surface area contributed by atoms with Gasteiger partial charge in [-0.05, 0) is 26.3 Å². The van der Waals surface area contributed by atoms with Crippen LogP contribution in [0.1, 0.15) is 26.2 Å². The molecule has 6 heteroatoms. The molecule has 6 nitrogen and oxygen atoms in total. The molecule has 0 spiro atoms. The first kappa shape index (κ1) is 17.3. The van der Waals surface area contributed by atoms with E-state index in [1.54, 1.807) is 7.11 Å². The van der Waals surface area contributed by atoms with Crippen molar-refractivity contribution < 1.29 is 19.4 Å². The molecule has 0 aromatic heterocycles. The summed E-state index contributed by atoms with van der Waals surface area (Å²) in [4.78, 5) is 10.5. The number of amides is 1. The number of hydrogen-bond donors (Lipinski definition) is 3. The van der Waals surface area contributed by atoms with E-state index in [4.69, 9.17) is 15.2 Å². The van der Waals surface area contributed by atoms with Gasteiger partial charge in [0.15, 0.2) is 0 Å². The molecule has 108 valence electrons. The maximum atomic E-state index is 10.5. The minimum Gasteiger partial charge on any atom is -0.389 e. The normalized spacial score (nSPS) is 14.4. The summed E-state index contributed by atoms with van der Waals surface area (Å²) in [5, 5.41) is 12.7. The zero-order valence-corrected chi connectivity index (χ0v) is 11.4. The van der Waals surface area contributed by atoms with Crippen LogP contribution in [0.5, 0.6) is 0 Å². The Morgan fingerprint density at radius 2 is 2.11 bits per heavy atom. The summed E-state index contributed by atoms with van der Waals surface area (Å²) in [6.45, 7) is 3.95. The number of hydrogen-bond acceptors (Lipinski definition) is 5. The molecule has 18 heavy (non-hydrogen) atoms. The summed E-state index contributed by atoms with van der Waals surface area (Å²) >= 11 is 0. The van der Waals surface area contributed by atoms with Gasteiger partial charge in [0, 0.05) is 20.1 Å². The topological polar surface area (TPSA) is 93.8 Å². The van der Waals surface area contributed by atoms with E-state index in [0.29, 0.717) is 26.2 Å². The van der Waals surface area contributed by atoms with Crippen LogP contribution in [0.4, 0.5) is 0 Å². The Balaban J connectivity index is 3.31. The third-order valence-corrected chi connectivity index (χ3v) is 2.38. The molecule has 2 unspecified atom stereocenters. The number of ether oxygens (including phenoxy) is 2. The van der Waals surface area contributed by atoms with Crippen molar-refractivity contribution in [3.05, 3.63) is 0 Å². The number of nitrogens with one attached hydrogen (secondary N) is 1. The summed E-state index contributed by atoms with van der Waals surface area (Å²) in [6.07, 6.45) is 1.53. The van der Waals surface area contributed by atoms with E-state index >= 15 is 0 Å². The van der Waals surface area contributed by atoms with Crippen LogP contribution in [-0.4, -0.2) is 56.6 Å². The first-order chi connectivity index (χ1) is 8.56. The minimum absolute atomic E-state index is 0.0137. The summed E-state index contributed by atoms with van der Waals surface area (Å²) < 4.78 is 10.3. The Bertz CT molecular complexity index is 214. The Kier molecular flexibility index (Phi) is 11.0. The van der Waals surface area contributed by atoms with Crippen LogP contribution in [0.2, 0.25) is 0 Å². The molecule has 0 saturated heterocycles. The third kappa shape index (κ3) is 11.8. The molecule has 1 amide bonds. The molecule has 0 fully saturated rings. The first-order valence-corrected chi connectivity index (χ1v) is 6.34. The second-order valence-corrected chi connectivity index (χ2v) is 4.38. The quantitative estimate of drug-likeness (QED) is 0.418. The van der Waals surface area contributed by atoms with Gasteiger partial charge in [0.1, 0.15) is 0 Å². The fourth-order valence-electron chi connectivity index (χ4n) is 1.43. The summed E-state index contributed by atoms with van der Waals surface area (Å²) in [5.74, 6) is -0.268. The van der Waals surface area contributed by atoms with Gasteiger partial charge in [0.25, 0.3) is 0 Å². The number of rotatable bonds is 12. The average Bonchev–Trinajstić information content (AvgIpc) is 2.31. The maximum Gasteiger partial charge on any atom is 0.217 e. The van der Waals surface area contributed by atoms with Crippen molar-refractivity contribution in [2.45, 2.75) is 38.4 Å². The van der Waals surface area contributed by atoms with Crippen LogP contribution in [-0.2, 0) is 14.3 Å². The molecule has 0 aliphatic rings. The largest absolute Gasteiger partial charge is 0.389 e. The Morgan fingerprint density at radius 1 is 1.39 bits per heavy atom. The Hall–Kier alpha value is -0.690. The number of aliphatic hydroxyl groups excluding tert-OH is 1. The molecule has 0 bridgehead atoms. The molecule has 0 radical (unpaired) electrons. The van der Waals surface area contributed by atoms with Gasteiger partial charge >= 0.3 is 0 Å². The molecule has 0 heterocycles. The molecule has 2 atom stereocenters. The van der Waals surface area contributed by atoms with E-state index in [9.17, 15) is 9.90 Å². The van der Waals surface area contributed by atoms with E-state index < -0.39 is 6.10 Å². The highest BCUT2D eigenvalue weighted by Gasteiger charge is 2.07. The number of unbranched alkanes of at least 4 members (excludes halogenated alkanes) is 1. The third-order valence-electron chi connectivity index (χ3n) is 2.38. The van der Waals surface area contributed by atoms with E-state index in [1.165, 1.54) is 0 Å². The van der Waals surface area contributed by atoms with Crippen LogP contribution in [0.3, 0.4) is 0 Å². The molecular weight excluding hydrogens is 236 g/mol. The highest BCUT2D eigenvalue weighted by molar-refractivity contribution is 5.73. The van der Waals surface area contributed by atoms with Crippen molar-refractivity contribution in [1.29, 1.82) is 0 Å². The number of aliphatic hydroxyl groups is 1. The number of primary amides is 1. The van der Waals surface area contributed by atoms with Crippen LogP contribution < -0.4 is 11.1 Å². The predicted octanol–water partition coefficient (Wildman–Crippen LogP) is -0.356. The van der Waals surface area contributed by atoms with Crippen LogP contribution >= 0.6 is 0 Å². The zero-order valence-electron chi connectivity index (χ0n) is 11.4. The van der Waals surface area contributed by atoms with Crippen LogP contribution in [0, 0.1) is 0 Å². The summed E-state index contributed by atoms with van der Waals surface area (Å²) in [5.41, 5.74) is 5.02. The molecule has 4 N–H and O–H groups in total. The van der Waals surface area contributed by atoms with E-state index in [2.05, 4.69) is 5.32 Å². The number of carbonyl (C=O) groups is 1. The molecule has 0 rings (SSSR count). The smallest absolute Gasteiger partial charge is 0.217 e. The first-order valence-electron chi connectivity index (χ1n) is 6.34. The molecule has 0 aliphatic carbocycles. The summed E-state index contributed by atoms with van der Waals surface area (Å²) in [6, 6.07) is 0. The SMILES string of the molecule is COCC(C)OCC(O)CNCCCCC(N)=O. The van der Waals surface area contributed by atoms with Crippen LogP contribution in [0.15, 0.2) is 0 Å². The molecule has 0 aromatic carbocycles. The lowest BCUT2D eigenvalue weighted by molar-refractivity contribution is -0.118. The predicted molar refractivity (Wildman–Crippen MR) is 69.2 cm³/mol. The van der Waals surface area contributed by atoms with Gasteiger partial charge in [-0.2, -0.15) is 0 Å². The standard InChI is InChI=1S/C12H26N2O4/c1-10(8-17-2)18-9-11(15)7-14-6-4-3-5-12(13)16/h10-11,14-15H,3-9H2,1-2H3,(H2,13,16). The fourth-order valence-corrected chi connectivity index (χ4v) is 1.43. The monoisotopic (exact) mass is 262 g/mol. The van der Waals surface area contributed by atoms with Crippen molar-refractivity contribution in [1.82, 2.24) is 5.32 Å². The zero-order chi connectivity index (χ0) is 13.8. The molecule has 0 saturated carbocycles. The second kappa shape index (κ2) is 11.4. The lowest BCUT2D eigenvalue weighted by Gasteiger charge is -2.16. The van der Waals surface area contributed by atoms with Gasteiger partial charge in [0.2, 0.25) is 5.91 Å². The Labute approximate surface area is 109 Å². The highest BCUT2D eigenvalue weighted by Crippen LogP contribution is 1.95. The van der Waals surface area contributed by atoms with E-state index in [-0.39, 0.29) is 12.0 Å². The van der Waals surface area contributed by atoms with Crippen molar-refractivity contribution in [2.24, 2.45) is 5.73 Å². The van der Waals surface area contributed by atoms with Crippen molar-refractivity contribution >= 4 is 5.91 Å². The van der Waals surface area contributed by atoms with Gasteiger partial charge in [-0.15, -0.1) is 0 Å². The van der Waals surface area contributed by atoms with Gasteiger partial charge in [-0.25, -0.2) is 0 Å². The molecule has 0 aromatic rings. The molecule has 0 aliphatic heterocycles. The lowest BCUT2D eigenvalue weighted by Crippen LogP contribution is -2.32. The highest BCUT2D eigenvalue weighted by atomic mass is 16.5. The van der Waals surface area contributed by atoms with Crippen molar-refractivity contribution in [2.75, 3.05) is 33.4 Å². The van der Waals surface area contributed by atoms with E-state index in [0.717, 1.165) is 19.4 Å². The van der Waals surface area contributed by atoms with Crippen LogP contribution in [0.25, 0.3) is 0 Å².